The van der Waals surface area contributed by atoms with Crippen molar-refractivity contribution in [3.8, 4) is 0 Å². The van der Waals surface area contributed by atoms with E-state index in [1.807, 2.05) is 58.1 Å². The monoisotopic (exact) mass is 1000 g/mol. The molecule has 3 aliphatic heterocycles. The fourth-order valence-electron chi connectivity index (χ4n) is 10.5. The van der Waals surface area contributed by atoms with Gasteiger partial charge in [-0.2, -0.15) is 0 Å². The molecule has 4 rings (SSSR count). The fraction of sp³-hybridized carbons (Fsp3) is 0.764. The average Bonchev–Trinajstić information content (AvgIpc) is 3.34. The van der Waals surface area contributed by atoms with E-state index in [1.165, 1.54) is 12.0 Å². The second-order valence-electron chi connectivity index (χ2n) is 20.8. The van der Waals surface area contributed by atoms with Crippen LogP contribution in [0.3, 0.4) is 0 Å². The van der Waals surface area contributed by atoms with Gasteiger partial charge in [0.15, 0.2) is 5.78 Å². The zero-order valence-corrected chi connectivity index (χ0v) is 44.3. The number of cyclic esters (lactones) is 1. The Morgan fingerprint density at radius 2 is 1.56 bits per heavy atom. The summed E-state index contributed by atoms with van der Waals surface area (Å²) in [5, 5.41) is 34.1. The summed E-state index contributed by atoms with van der Waals surface area (Å²) in [5.41, 5.74) is 1.23. The number of esters is 1. The lowest BCUT2D eigenvalue weighted by molar-refractivity contribution is -0.266. The number of ketones is 3. The van der Waals surface area contributed by atoms with Gasteiger partial charge in [0.2, 0.25) is 5.79 Å². The number of amides is 1. The molecule has 0 spiro atoms. The molecular weight excluding hydrogens is 915 g/mol. The number of Topliss-reactive ketones (excluding diaryl/α,β-unsaturated/α-hetero) is 3. The van der Waals surface area contributed by atoms with Gasteiger partial charge in [-0.15, -0.1) is 0 Å². The fourth-order valence-corrected chi connectivity index (χ4v) is 10.5. The lowest BCUT2D eigenvalue weighted by Gasteiger charge is -2.43. The van der Waals surface area contributed by atoms with E-state index in [-0.39, 0.29) is 67.8 Å². The van der Waals surface area contributed by atoms with Gasteiger partial charge in [0.1, 0.15) is 30.1 Å². The predicted molar refractivity (Wildman–Crippen MR) is 267 cm³/mol. The largest absolute Gasteiger partial charge is 0.460 e. The number of aliphatic hydroxyl groups is 3. The van der Waals surface area contributed by atoms with Crippen LogP contribution in [0.1, 0.15) is 126 Å². The Morgan fingerprint density at radius 3 is 2.27 bits per heavy atom. The number of aliphatic hydroxyl groups excluding tert-OH is 2. The van der Waals surface area contributed by atoms with Gasteiger partial charge < -0.3 is 53.4 Å². The van der Waals surface area contributed by atoms with Crippen LogP contribution < -0.4 is 0 Å². The summed E-state index contributed by atoms with van der Waals surface area (Å²) in [7, 11) is 4.54. The molecule has 3 N–H and O–H groups in total. The minimum absolute atomic E-state index is 0.00618. The van der Waals surface area contributed by atoms with Crippen LogP contribution >= 0.6 is 0 Å². The molecule has 1 amide bonds. The molecule has 0 radical (unpaired) electrons. The van der Waals surface area contributed by atoms with Crippen LogP contribution in [-0.2, 0) is 57.1 Å². The van der Waals surface area contributed by atoms with Crippen LogP contribution in [0.2, 0.25) is 0 Å². The molecule has 16 nitrogen and oxygen atoms in total. The maximum atomic E-state index is 14.5. The van der Waals surface area contributed by atoms with E-state index in [9.17, 15) is 39.3 Å². The van der Waals surface area contributed by atoms with Crippen molar-refractivity contribution in [3.63, 3.8) is 0 Å². The smallest absolute Gasteiger partial charge is 0.329 e. The van der Waals surface area contributed by atoms with E-state index >= 15 is 0 Å². The maximum absolute atomic E-state index is 14.5. The zero-order valence-electron chi connectivity index (χ0n) is 44.3. The molecule has 1 saturated carbocycles. The van der Waals surface area contributed by atoms with Gasteiger partial charge in [0.25, 0.3) is 11.7 Å². The molecule has 15 atom stereocenters. The van der Waals surface area contributed by atoms with Crippen molar-refractivity contribution in [1.82, 2.24) is 4.90 Å². The number of carbonyl (C=O) groups excluding carboxylic acids is 5. The minimum atomic E-state index is -2.47. The van der Waals surface area contributed by atoms with E-state index in [0.29, 0.717) is 83.2 Å². The minimum Gasteiger partial charge on any atom is -0.460 e. The molecule has 2 unspecified atom stereocenters. The third-order valence-corrected chi connectivity index (χ3v) is 15.2. The van der Waals surface area contributed by atoms with Crippen molar-refractivity contribution >= 4 is 29.2 Å². The van der Waals surface area contributed by atoms with Crippen LogP contribution in [-0.4, -0.2) is 158 Å². The summed E-state index contributed by atoms with van der Waals surface area (Å²) in [6, 6.07) is -1.16. The van der Waals surface area contributed by atoms with Gasteiger partial charge >= 0.3 is 5.97 Å². The van der Waals surface area contributed by atoms with Crippen molar-refractivity contribution in [3.05, 3.63) is 47.6 Å². The van der Waals surface area contributed by atoms with Gasteiger partial charge in [0, 0.05) is 58.5 Å². The summed E-state index contributed by atoms with van der Waals surface area (Å²) in [6.07, 6.45) is 10.7. The number of carbonyl (C=O) groups is 5. The van der Waals surface area contributed by atoms with Crippen molar-refractivity contribution in [2.75, 3.05) is 54.3 Å². The molecule has 71 heavy (non-hydrogen) atoms. The zero-order chi connectivity index (χ0) is 52.4. The number of hydrogen-bond acceptors (Lipinski definition) is 15. The molecule has 402 valence electrons. The topological polar surface area (TPSA) is 214 Å². The van der Waals surface area contributed by atoms with E-state index in [0.717, 1.165) is 5.57 Å². The highest BCUT2D eigenvalue weighted by Gasteiger charge is 2.53. The van der Waals surface area contributed by atoms with Crippen molar-refractivity contribution in [2.45, 2.75) is 180 Å². The third-order valence-electron chi connectivity index (χ3n) is 15.2. The number of ether oxygens (including phenoxy) is 7. The van der Waals surface area contributed by atoms with Crippen LogP contribution in [0.15, 0.2) is 47.6 Å². The normalized spacial score (nSPS) is 38.0. The van der Waals surface area contributed by atoms with E-state index in [4.69, 9.17) is 33.2 Å². The van der Waals surface area contributed by atoms with Crippen molar-refractivity contribution < 1.29 is 72.5 Å². The van der Waals surface area contributed by atoms with Crippen LogP contribution in [0, 0.1) is 35.5 Å². The molecule has 1 aliphatic carbocycles. The van der Waals surface area contributed by atoms with Crippen molar-refractivity contribution in [1.29, 1.82) is 0 Å². The standard InChI is InChI=1S/C55H87NO15/c1-34-16-12-11-13-17-35(2)46(69-27-26-68-25-24-65-8)32-42-21-19-40(7)55(64,71-42)52(61)53(62)56-23-15-14-18-43(56)54(63)70-47(37(4)30-41-20-22-44(57)48(31-41)66-9)33-45(58)36(3)29-39(6)50(60)51(67-10)49(59)38(5)28-34/h11-13,16-17,29,34,36-38,40-44,46-48,50-51,57,60,64H,14-15,18-28,30-33H2,1-10H3/b13-11+,16-12+,35-17+,39-29+/t34-,36-,37-,38-,40-,41?,42+,43+,44-,46?,47+,48-,50-,51+,55-/m1/s1. The Kier molecular flexibility index (Phi) is 24.9. The second-order valence-corrected chi connectivity index (χ2v) is 20.8. The lowest BCUT2D eigenvalue weighted by atomic mass is 9.78. The SMILES string of the molecule is COCCOCCOC1C[C@@H]2CC[C@@H](C)[C@@](O)(O2)C(=O)C(=O)N2CCCC[C@H]2C(=O)O[C@H]([C@H](C)CC2CC[C@@H](O)[C@H](OC)C2)CC(=O)[C@H](C)/C=C(\C)[C@@H](O)[C@@H](OC)C(=O)[C@H](C)C[C@H](C)/C=C/C=C/C=C/1C. The first-order valence-corrected chi connectivity index (χ1v) is 26.1. The lowest BCUT2D eigenvalue weighted by Crippen LogP contribution is -2.61. The van der Waals surface area contributed by atoms with Gasteiger partial charge in [0.05, 0.1) is 50.8 Å². The van der Waals surface area contributed by atoms with E-state index in [2.05, 4.69) is 0 Å². The summed E-state index contributed by atoms with van der Waals surface area (Å²) >= 11 is 0. The summed E-state index contributed by atoms with van der Waals surface area (Å²) in [4.78, 5) is 72.4. The molecule has 2 saturated heterocycles. The molecule has 3 fully saturated rings. The van der Waals surface area contributed by atoms with Gasteiger partial charge in [-0.05, 0) is 107 Å². The molecule has 16 heteroatoms. The molecule has 3 heterocycles. The van der Waals surface area contributed by atoms with Crippen LogP contribution in [0.25, 0.3) is 0 Å². The van der Waals surface area contributed by atoms with Gasteiger partial charge in [-0.3, -0.25) is 19.2 Å². The first-order chi connectivity index (χ1) is 33.7. The highest BCUT2D eigenvalue weighted by molar-refractivity contribution is 6.39. The second kappa shape index (κ2) is 29.4. The summed E-state index contributed by atoms with van der Waals surface area (Å²) in [6.45, 7) is 14.1. The molecule has 2 bridgehead atoms. The Balaban J connectivity index is 1.71. The average molecular weight is 1000 g/mol. The first-order valence-electron chi connectivity index (χ1n) is 26.1. The number of nitrogens with zero attached hydrogens (tertiary/aromatic N) is 1. The Bertz CT molecular complexity index is 1860. The quantitative estimate of drug-likeness (QED) is 0.0858. The number of hydrogen-bond donors (Lipinski definition) is 3. The number of allylic oxidation sites excluding steroid dienone is 6. The number of methoxy groups -OCH3 is 3. The molecule has 0 aromatic rings. The summed E-state index contributed by atoms with van der Waals surface area (Å²) in [5.74, 6) is -8.18. The number of piperidine rings is 1. The highest BCUT2D eigenvalue weighted by atomic mass is 16.6. The Labute approximate surface area is 422 Å². The Hall–Kier alpha value is -3.45. The molecule has 4 aliphatic rings. The van der Waals surface area contributed by atoms with E-state index in [1.54, 1.807) is 41.1 Å². The molecule has 0 aromatic heterocycles. The highest BCUT2D eigenvalue weighted by Crippen LogP contribution is 2.38. The maximum Gasteiger partial charge on any atom is 0.329 e. The first kappa shape index (κ1) is 60.1. The van der Waals surface area contributed by atoms with Crippen LogP contribution in [0.4, 0.5) is 0 Å². The van der Waals surface area contributed by atoms with Crippen molar-refractivity contribution in [2.24, 2.45) is 35.5 Å². The molecule has 0 aromatic carbocycles. The number of rotatable bonds is 12. The third kappa shape index (κ3) is 17.3. The van der Waals surface area contributed by atoms with Crippen LogP contribution in [0.5, 0.6) is 0 Å². The van der Waals surface area contributed by atoms with Gasteiger partial charge in [-0.25, -0.2) is 4.79 Å². The van der Waals surface area contributed by atoms with E-state index < -0.39 is 83.9 Å². The number of fused-ring (bicyclic) bond motifs is 3. The molecular formula is C55H87NO15. The predicted octanol–water partition coefficient (Wildman–Crippen LogP) is 6.21. The Morgan fingerprint density at radius 1 is 0.831 bits per heavy atom. The van der Waals surface area contributed by atoms with Gasteiger partial charge in [-0.1, -0.05) is 71.1 Å². The summed E-state index contributed by atoms with van der Waals surface area (Å²) < 4.78 is 40.8.